The zero-order valence-corrected chi connectivity index (χ0v) is 20.1. The van der Waals surface area contributed by atoms with Crippen LogP contribution in [0.3, 0.4) is 0 Å². The Morgan fingerprint density at radius 1 is 1.27 bits per heavy atom. The molecule has 1 aliphatic heterocycles. The molecule has 1 saturated heterocycles. The standard InChI is InChI=1S/C22H26ClN7O2S/c1-3-17-25-20(28-21(26-17)30-9-7-14(12-31)8-10-30)29-22-24-11-16(33-22)19(32)27-18-13(2)5-4-6-15(18)23/h4-6,11,14,31H,3,7-10,12H2,1-2H3,(H,27,32)(H,24,25,26,28,29). The summed E-state index contributed by atoms with van der Waals surface area (Å²) in [4.78, 5) is 33.2. The molecule has 0 aliphatic carbocycles. The Bertz CT molecular complexity index is 1110. The van der Waals surface area contributed by atoms with Crippen molar-refractivity contribution in [3.63, 3.8) is 0 Å². The van der Waals surface area contributed by atoms with Crippen LogP contribution in [0.1, 0.15) is 40.8 Å². The maximum atomic E-state index is 12.7. The summed E-state index contributed by atoms with van der Waals surface area (Å²) in [7, 11) is 0. The molecule has 3 heterocycles. The summed E-state index contributed by atoms with van der Waals surface area (Å²) in [6.07, 6.45) is 3.99. The number of hydrogen-bond donors (Lipinski definition) is 3. The van der Waals surface area contributed by atoms with Gasteiger partial charge in [-0.3, -0.25) is 10.1 Å². The molecule has 3 N–H and O–H groups in total. The molecule has 4 rings (SSSR count). The molecule has 1 amide bonds. The molecular weight excluding hydrogens is 462 g/mol. The Balaban J connectivity index is 1.48. The summed E-state index contributed by atoms with van der Waals surface area (Å²) in [5.74, 6) is 1.74. The van der Waals surface area contributed by atoms with Crippen LogP contribution in [0.25, 0.3) is 0 Å². The lowest BCUT2D eigenvalue weighted by Crippen LogP contribution is -2.36. The highest BCUT2D eigenvalue weighted by Gasteiger charge is 2.22. The predicted octanol–water partition coefficient (Wildman–Crippen LogP) is 4.06. The maximum Gasteiger partial charge on any atom is 0.267 e. The van der Waals surface area contributed by atoms with Crippen molar-refractivity contribution in [3.8, 4) is 0 Å². The Labute approximate surface area is 201 Å². The van der Waals surface area contributed by atoms with Crippen LogP contribution >= 0.6 is 22.9 Å². The number of amides is 1. The zero-order chi connectivity index (χ0) is 23.4. The first-order chi connectivity index (χ1) is 16.0. The molecule has 0 unspecified atom stereocenters. The van der Waals surface area contributed by atoms with Gasteiger partial charge in [0.2, 0.25) is 11.9 Å². The number of carbonyl (C=O) groups is 1. The number of thiazole rings is 1. The summed E-state index contributed by atoms with van der Waals surface area (Å²) >= 11 is 7.42. The topological polar surface area (TPSA) is 116 Å². The van der Waals surface area contributed by atoms with E-state index in [1.54, 1.807) is 6.07 Å². The van der Waals surface area contributed by atoms with E-state index in [2.05, 4.69) is 35.5 Å². The minimum atomic E-state index is -0.283. The summed E-state index contributed by atoms with van der Waals surface area (Å²) in [6.45, 7) is 5.68. The van der Waals surface area contributed by atoms with E-state index >= 15 is 0 Å². The molecule has 0 radical (unpaired) electrons. The molecule has 0 spiro atoms. The van der Waals surface area contributed by atoms with E-state index in [1.165, 1.54) is 17.5 Å². The van der Waals surface area contributed by atoms with Gasteiger partial charge in [0.25, 0.3) is 5.91 Å². The molecule has 3 aromatic rings. The summed E-state index contributed by atoms with van der Waals surface area (Å²) in [5, 5.41) is 16.3. The van der Waals surface area contributed by atoms with E-state index in [4.69, 9.17) is 11.6 Å². The van der Waals surface area contributed by atoms with Crippen molar-refractivity contribution in [2.75, 3.05) is 35.2 Å². The number of para-hydroxylation sites is 1. The molecule has 1 aromatic carbocycles. The van der Waals surface area contributed by atoms with Crippen molar-refractivity contribution in [3.05, 3.63) is 45.7 Å². The summed E-state index contributed by atoms with van der Waals surface area (Å²) in [6, 6.07) is 5.46. The van der Waals surface area contributed by atoms with Gasteiger partial charge in [0.1, 0.15) is 10.7 Å². The van der Waals surface area contributed by atoms with Gasteiger partial charge in [0.05, 0.1) is 16.9 Å². The van der Waals surface area contributed by atoms with Crippen molar-refractivity contribution in [1.29, 1.82) is 0 Å². The first kappa shape index (κ1) is 23.3. The lowest BCUT2D eigenvalue weighted by molar-refractivity contribution is 0.103. The first-order valence-electron chi connectivity index (χ1n) is 10.9. The number of aromatic nitrogens is 4. The van der Waals surface area contributed by atoms with Gasteiger partial charge in [-0.1, -0.05) is 42.0 Å². The molecule has 0 saturated carbocycles. The van der Waals surface area contributed by atoms with E-state index in [0.29, 0.717) is 50.8 Å². The van der Waals surface area contributed by atoms with Crippen LogP contribution in [-0.2, 0) is 6.42 Å². The van der Waals surface area contributed by atoms with Crippen LogP contribution in [0, 0.1) is 12.8 Å². The number of nitrogens with one attached hydrogen (secondary N) is 2. The highest BCUT2D eigenvalue weighted by atomic mass is 35.5. The van der Waals surface area contributed by atoms with E-state index in [1.807, 2.05) is 26.0 Å². The predicted molar refractivity (Wildman–Crippen MR) is 131 cm³/mol. The van der Waals surface area contributed by atoms with Gasteiger partial charge in [-0.15, -0.1) is 0 Å². The van der Waals surface area contributed by atoms with E-state index in [9.17, 15) is 9.90 Å². The number of halogens is 1. The number of benzene rings is 1. The second-order valence-electron chi connectivity index (χ2n) is 7.88. The highest BCUT2D eigenvalue weighted by Crippen LogP contribution is 2.28. The third kappa shape index (κ3) is 5.58. The lowest BCUT2D eigenvalue weighted by Gasteiger charge is -2.31. The minimum Gasteiger partial charge on any atom is -0.396 e. The Kier molecular flexibility index (Phi) is 7.36. The van der Waals surface area contributed by atoms with E-state index in [0.717, 1.165) is 31.5 Å². The van der Waals surface area contributed by atoms with Crippen LogP contribution in [0.15, 0.2) is 24.4 Å². The minimum absolute atomic E-state index is 0.216. The van der Waals surface area contributed by atoms with Crippen molar-refractivity contribution < 1.29 is 9.90 Å². The van der Waals surface area contributed by atoms with E-state index < -0.39 is 0 Å². The van der Waals surface area contributed by atoms with Crippen LogP contribution in [-0.4, -0.2) is 50.6 Å². The van der Waals surface area contributed by atoms with Gasteiger partial charge in [0, 0.05) is 26.1 Å². The second kappa shape index (κ2) is 10.4. The average Bonchev–Trinajstić information content (AvgIpc) is 3.30. The molecule has 0 bridgehead atoms. The van der Waals surface area contributed by atoms with Crippen molar-refractivity contribution in [1.82, 2.24) is 19.9 Å². The molecule has 11 heteroatoms. The number of aryl methyl sites for hydroxylation is 2. The van der Waals surface area contributed by atoms with Crippen molar-refractivity contribution in [2.24, 2.45) is 5.92 Å². The number of anilines is 4. The fraction of sp³-hybridized carbons (Fsp3) is 0.409. The normalized spacial score (nSPS) is 14.4. The molecule has 2 aromatic heterocycles. The van der Waals surface area contributed by atoms with Gasteiger partial charge >= 0.3 is 0 Å². The van der Waals surface area contributed by atoms with Crippen molar-refractivity contribution >= 4 is 51.6 Å². The van der Waals surface area contributed by atoms with Gasteiger partial charge in [0.15, 0.2) is 5.13 Å². The number of carbonyl (C=O) groups excluding carboxylic acids is 1. The fourth-order valence-electron chi connectivity index (χ4n) is 3.58. The Morgan fingerprint density at radius 2 is 2.06 bits per heavy atom. The number of piperidine rings is 1. The van der Waals surface area contributed by atoms with Gasteiger partial charge in [-0.2, -0.15) is 15.0 Å². The van der Waals surface area contributed by atoms with Crippen LogP contribution in [0.4, 0.5) is 22.7 Å². The molecule has 9 nitrogen and oxygen atoms in total. The quantitative estimate of drug-likeness (QED) is 0.457. The van der Waals surface area contributed by atoms with Gasteiger partial charge in [-0.25, -0.2) is 4.98 Å². The summed E-state index contributed by atoms with van der Waals surface area (Å²) in [5.41, 5.74) is 1.47. The SMILES string of the molecule is CCc1nc(Nc2ncc(C(=O)Nc3c(C)cccc3Cl)s2)nc(N2CCC(CO)CC2)n1. The largest absolute Gasteiger partial charge is 0.396 e. The van der Waals surface area contributed by atoms with Crippen LogP contribution in [0.5, 0.6) is 0 Å². The molecule has 174 valence electrons. The number of rotatable bonds is 7. The Hall–Kier alpha value is -2.82. The van der Waals surface area contributed by atoms with E-state index in [-0.39, 0.29) is 12.5 Å². The van der Waals surface area contributed by atoms with Gasteiger partial charge in [-0.05, 0) is 37.3 Å². The zero-order valence-electron chi connectivity index (χ0n) is 18.5. The molecule has 1 fully saturated rings. The molecular formula is C22H26ClN7O2S. The second-order valence-corrected chi connectivity index (χ2v) is 9.32. The lowest BCUT2D eigenvalue weighted by atomic mass is 9.98. The number of aliphatic hydroxyl groups excluding tert-OH is 1. The number of aliphatic hydroxyl groups is 1. The molecule has 0 atom stereocenters. The fourth-order valence-corrected chi connectivity index (χ4v) is 4.55. The Morgan fingerprint density at radius 3 is 2.76 bits per heavy atom. The molecule has 1 aliphatic rings. The average molecular weight is 488 g/mol. The number of nitrogens with zero attached hydrogens (tertiary/aromatic N) is 5. The third-order valence-electron chi connectivity index (χ3n) is 5.55. The summed E-state index contributed by atoms with van der Waals surface area (Å²) < 4.78 is 0. The smallest absolute Gasteiger partial charge is 0.267 e. The first-order valence-corrected chi connectivity index (χ1v) is 12.1. The van der Waals surface area contributed by atoms with Crippen LogP contribution < -0.4 is 15.5 Å². The third-order valence-corrected chi connectivity index (χ3v) is 6.78. The monoisotopic (exact) mass is 487 g/mol. The number of hydrogen-bond acceptors (Lipinski definition) is 9. The molecule has 33 heavy (non-hydrogen) atoms. The van der Waals surface area contributed by atoms with Crippen molar-refractivity contribution in [2.45, 2.75) is 33.1 Å². The van der Waals surface area contributed by atoms with Gasteiger partial charge < -0.3 is 15.3 Å². The maximum absolute atomic E-state index is 12.7. The highest BCUT2D eigenvalue weighted by molar-refractivity contribution is 7.17. The van der Waals surface area contributed by atoms with Crippen LogP contribution in [0.2, 0.25) is 5.02 Å².